The van der Waals surface area contributed by atoms with Crippen molar-refractivity contribution in [2.75, 3.05) is 5.32 Å². The zero-order chi connectivity index (χ0) is 15.3. The standard InChI is InChI=1S/C15H21NO4/c1-4-15(5-2,14(19)20)9-13(18)16-11-7-6-10(3)8-12(11)17/h6-8,17H,4-5,9H2,1-3H3,(H,16,18)(H,19,20). The minimum atomic E-state index is -1.05. The Hall–Kier alpha value is -2.04. The van der Waals surface area contributed by atoms with Gasteiger partial charge in [0.2, 0.25) is 5.91 Å². The number of carboxylic acids is 1. The fourth-order valence-electron chi connectivity index (χ4n) is 2.13. The summed E-state index contributed by atoms with van der Waals surface area (Å²) >= 11 is 0. The lowest BCUT2D eigenvalue weighted by Crippen LogP contribution is -2.34. The molecule has 1 amide bonds. The van der Waals surface area contributed by atoms with Crippen LogP contribution in [0.15, 0.2) is 18.2 Å². The molecule has 0 atom stereocenters. The predicted molar refractivity (Wildman–Crippen MR) is 76.7 cm³/mol. The van der Waals surface area contributed by atoms with Crippen LogP contribution in [0.3, 0.4) is 0 Å². The van der Waals surface area contributed by atoms with Crippen LogP contribution in [0.25, 0.3) is 0 Å². The Morgan fingerprint density at radius 1 is 1.25 bits per heavy atom. The quantitative estimate of drug-likeness (QED) is 0.699. The lowest BCUT2D eigenvalue weighted by molar-refractivity contribution is -0.151. The van der Waals surface area contributed by atoms with Crippen LogP contribution < -0.4 is 5.32 Å². The molecule has 0 radical (unpaired) electrons. The summed E-state index contributed by atoms with van der Waals surface area (Å²) in [7, 11) is 0. The number of carbonyl (C=O) groups is 2. The molecule has 110 valence electrons. The van der Waals surface area contributed by atoms with Crippen LogP contribution in [0, 0.1) is 12.3 Å². The summed E-state index contributed by atoms with van der Waals surface area (Å²) in [6.45, 7) is 5.34. The van der Waals surface area contributed by atoms with E-state index in [0.717, 1.165) is 5.56 Å². The van der Waals surface area contributed by atoms with Crippen molar-refractivity contribution in [3.8, 4) is 5.75 Å². The van der Waals surface area contributed by atoms with E-state index in [2.05, 4.69) is 5.32 Å². The third kappa shape index (κ3) is 3.50. The minimum absolute atomic E-state index is 0.0210. The van der Waals surface area contributed by atoms with E-state index in [9.17, 15) is 19.8 Å². The summed E-state index contributed by atoms with van der Waals surface area (Å²) in [4.78, 5) is 23.4. The number of phenols is 1. The molecule has 20 heavy (non-hydrogen) atoms. The first-order valence-electron chi connectivity index (χ1n) is 6.67. The van der Waals surface area contributed by atoms with Crippen molar-refractivity contribution in [3.63, 3.8) is 0 Å². The molecule has 5 nitrogen and oxygen atoms in total. The van der Waals surface area contributed by atoms with Crippen LogP contribution in [-0.2, 0) is 9.59 Å². The predicted octanol–water partition coefficient (Wildman–Crippen LogP) is 2.92. The van der Waals surface area contributed by atoms with Crippen molar-refractivity contribution < 1.29 is 19.8 Å². The Balaban J connectivity index is 2.83. The number of hydrogen-bond acceptors (Lipinski definition) is 3. The molecular formula is C15H21NO4. The molecule has 0 aliphatic rings. The first-order valence-corrected chi connectivity index (χ1v) is 6.67. The summed E-state index contributed by atoms with van der Waals surface area (Å²) in [6.07, 6.45) is 0.654. The van der Waals surface area contributed by atoms with Crippen molar-refractivity contribution >= 4 is 17.6 Å². The van der Waals surface area contributed by atoms with Crippen LogP contribution >= 0.6 is 0 Å². The number of carboxylic acid groups (broad SMARTS) is 1. The molecule has 0 saturated carbocycles. The number of carbonyl (C=O) groups excluding carboxylic acids is 1. The fourth-order valence-corrected chi connectivity index (χ4v) is 2.13. The summed E-state index contributed by atoms with van der Waals surface area (Å²) < 4.78 is 0. The van der Waals surface area contributed by atoms with Gasteiger partial charge in [-0.3, -0.25) is 9.59 Å². The number of rotatable bonds is 6. The normalized spacial score (nSPS) is 11.2. The fraction of sp³-hybridized carbons (Fsp3) is 0.467. The summed E-state index contributed by atoms with van der Waals surface area (Å²) in [5.74, 6) is -1.40. The van der Waals surface area contributed by atoms with Gasteiger partial charge < -0.3 is 15.5 Å². The smallest absolute Gasteiger partial charge is 0.310 e. The van der Waals surface area contributed by atoms with E-state index in [0.29, 0.717) is 18.5 Å². The number of benzene rings is 1. The summed E-state index contributed by atoms with van der Waals surface area (Å²) in [6, 6.07) is 4.90. The summed E-state index contributed by atoms with van der Waals surface area (Å²) in [5.41, 5.74) is 0.124. The van der Waals surface area contributed by atoms with Gasteiger partial charge in [0, 0.05) is 6.42 Å². The SMILES string of the molecule is CCC(CC)(CC(=O)Nc1ccc(C)cc1O)C(=O)O. The minimum Gasteiger partial charge on any atom is -0.506 e. The zero-order valence-corrected chi connectivity index (χ0v) is 12.1. The lowest BCUT2D eigenvalue weighted by atomic mass is 9.79. The number of aryl methyl sites for hydroxylation is 1. The molecule has 1 aromatic carbocycles. The van der Waals surface area contributed by atoms with Crippen LogP contribution in [0.2, 0.25) is 0 Å². The number of anilines is 1. The van der Waals surface area contributed by atoms with Gasteiger partial charge >= 0.3 is 5.97 Å². The van der Waals surface area contributed by atoms with E-state index in [1.807, 2.05) is 6.92 Å². The number of nitrogens with one attached hydrogen (secondary N) is 1. The molecule has 5 heteroatoms. The van der Waals surface area contributed by atoms with Gasteiger partial charge in [0.15, 0.2) is 0 Å². The maximum absolute atomic E-state index is 12.0. The van der Waals surface area contributed by atoms with E-state index in [1.165, 1.54) is 0 Å². The van der Waals surface area contributed by atoms with Gasteiger partial charge in [-0.2, -0.15) is 0 Å². The second kappa shape index (κ2) is 6.41. The molecule has 0 spiro atoms. The highest BCUT2D eigenvalue weighted by Gasteiger charge is 2.37. The first kappa shape index (κ1) is 16.0. The molecular weight excluding hydrogens is 258 g/mol. The Morgan fingerprint density at radius 2 is 1.85 bits per heavy atom. The molecule has 0 aliphatic carbocycles. The summed E-state index contributed by atoms with van der Waals surface area (Å²) in [5, 5.41) is 21.6. The molecule has 0 heterocycles. The molecule has 1 rings (SSSR count). The Kier molecular flexibility index (Phi) is 5.13. The second-order valence-corrected chi connectivity index (χ2v) is 5.04. The average molecular weight is 279 g/mol. The van der Waals surface area contributed by atoms with Crippen molar-refractivity contribution in [1.82, 2.24) is 0 Å². The van der Waals surface area contributed by atoms with E-state index in [4.69, 9.17) is 0 Å². The Morgan fingerprint density at radius 3 is 2.30 bits per heavy atom. The van der Waals surface area contributed by atoms with Gasteiger partial charge in [-0.25, -0.2) is 0 Å². The van der Waals surface area contributed by atoms with Gasteiger partial charge in [0.25, 0.3) is 0 Å². The zero-order valence-electron chi connectivity index (χ0n) is 12.1. The molecule has 0 bridgehead atoms. The largest absolute Gasteiger partial charge is 0.506 e. The van der Waals surface area contributed by atoms with Gasteiger partial charge in [0.1, 0.15) is 5.75 Å². The third-order valence-corrected chi connectivity index (χ3v) is 3.73. The van der Waals surface area contributed by atoms with Gasteiger partial charge in [0.05, 0.1) is 11.1 Å². The third-order valence-electron chi connectivity index (χ3n) is 3.73. The Labute approximate surface area is 118 Å². The number of hydrogen-bond donors (Lipinski definition) is 3. The molecule has 0 aliphatic heterocycles. The van der Waals surface area contributed by atoms with Crippen molar-refractivity contribution in [2.45, 2.75) is 40.0 Å². The molecule has 0 aromatic heterocycles. The van der Waals surface area contributed by atoms with Crippen LogP contribution in [-0.4, -0.2) is 22.1 Å². The van der Waals surface area contributed by atoms with Crippen molar-refractivity contribution in [2.24, 2.45) is 5.41 Å². The molecule has 1 aromatic rings. The number of aliphatic carboxylic acids is 1. The topological polar surface area (TPSA) is 86.6 Å². The highest BCUT2D eigenvalue weighted by Crippen LogP contribution is 2.32. The van der Waals surface area contributed by atoms with Crippen LogP contribution in [0.4, 0.5) is 5.69 Å². The van der Waals surface area contributed by atoms with E-state index in [-0.39, 0.29) is 12.2 Å². The van der Waals surface area contributed by atoms with E-state index < -0.39 is 17.3 Å². The van der Waals surface area contributed by atoms with E-state index in [1.54, 1.807) is 32.0 Å². The lowest BCUT2D eigenvalue weighted by Gasteiger charge is -2.25. The maximum Gasteiger partial charge on any atom is 0.310 e. The maximum atomic E-state index is 12.0. The number of phenolic OH excluding ortho intramolecular Hbond substituents is 1. The molecule has 0 fully saturated rings. The van der Waals surface area contributed by atoms with Crippen molar-refractivity contribution in [3.05, 3.63) is 23.8 Å². The number of aromatic hydroxyl groups is 1. The monoisotopic (exact) mass is 279 g/mol. The van der Waals surface area contributed by atoms with Gasteiger partial charge in [-0.15, -0.1) is 0 Å². The van der Waals surface area contributed by atoms with Gasteiger partial charge in [-0.05, 0) is 37.5 Å². The number of amides is 1. The average Bonchev–Trinajstić information content (AvgIpc) is 2.39. The highest BCUT2D eigenvalue weighted by molar-refractivity contribution is 5.95. The molecule has 0 unspecified atom stereocenters. The molecule has 3 N–H and O–H groups in total. The highest BCUT2D eigenvalue weighted by atomic mass is 16.4. The van der Waals surface area contributed by atoms with Crippen LogP contribution in [0.5, 0.6) is 5.75 Å². The van der Waals surface area contributed by atoms with E-state index >= 15 is 0 Å². The molecule has 0 saturated heterocycles. The second-order valence-electron chi connectivity index (χ2n) is 5.04. The van der Waals surface area contributed by atoms with Crippen LogP contribution in [0.1, 0.15) is 38.7 Å². The Bertz CT molecular complexity index is 507. The van der Waals surface area contributed by atoms with Crippen molar-refractivity contribution in [1.29, 1.82) is 0 Å². The van der Waals surface area contributed by atoms with Gasteiger partial charge in [-0.1, -0.05) is 19.9 Å². The first-order chi connectivity index (χ1) is 9.34.